The molecule has 2 aromatic carbocycles. The molecule has 4 heteroatoms. The Labute approximate surface area is 132 Å². The van der Waals surface area contributed by atoms with Crippen molar-refractivity contribution in [3.63, 3.8) is 0 Å². The summed E-state index contributed by atoms with van der Waals surface area (Å²) in [6.45, 7) is 4.37. The lowest BCUT2D eigenvalue weighted by Crippen LogP contribution is -2.03. The van der Waals surface area contributed by atoms with Crippen molar-refractivity contribution in [2.24, 2.45) is 0 Å². The Bertz CT molecular complexity index is 940. The summed E-state index contributed by atoms with van der Waals surface area (Å²) >= 11 is 6.09. The van der Waals surface area contributed by atoms with E-state index in [1.165, 1.54) is 0 Å². The Balaban J connectivity index is 1.98. The largest absolute Gasteiger partial charge is 0.488 e. The van der Waals surface area contributed by atoms with Gasteiger partial charge in [0.1, 0.15) is 12.4 Å². The zero-order valence-corrected chi connectivity index (χ0v) is 13.0. The third-order valence-corrected chi connectivity index (χ3v) is 4.54. The molecule has 0 bridgehead atoms. The zero-order chi connectivity index (χ0) is 15.4. The first-order valence-electron chi connectivity index (χ1n) is 7.13. The van der Waals surface area contributed by atoms with Crippen LogP contribution in [-0.2, 0) is 6.61 Å². The summed E-state index contributed by atoms with van der Waals surface area (Å²) in [5.74, 6) is 0.616. The van der Waals surface area contributed by atoms with E-state index in [2.05, 4.69) is 4.98 Å². The normalized spacial score (nSPS) is 13.5. The molecule has 0 amide bonds. The van der Waals surface area contributed by atoms with Crippen LogP contribution in [0.4, 0.5) is 0 Å². The van der Waals surface area contributed by atoms with E-state index >= 15 is 0 Å². The number of rotatable bonds is 0. The van der Waals surface area contributed by atoms with E-state index in [1.54, 1.807) is 0 Å². The van der Waals surface area contributed by atoms with Crippen molar-refractivity contribution in [2.45, 2.75) is 20.5 Å². The molecule has 0 saturated carbocycles. The minimum atomic E-state index is -0.0297. The fourth-order valence-corrected chi connectivity index (χ4v) is 3.11. The van der Waals surface area contributed by atoms with Gasteiger partial charge in [-0.25, -0.2) is 0 Å². The van der Waals surface area contributed by atoms with Gasteiger partial charge in [-0.3, -0.25) is 4.79 Å². The van der Waals surface area contributed by atoms with Gasteiger partial charge in [0.25, 0.3) is 0 Å². The van der Waals surface area contributed by atoms with Crippen molar-refractivity contribution < 1.29 is 9.53 Å². The van der Waals surface area contributed by atoms with Crippen LogP contribution in [0.5, 0.6) is 5.75 Å². The van der Waals surface area contributed by atoms with Crippen molar-refractivity contribution in [3.8, 4) is 5.75 Å². The molecule has 0 aliphatic carbocycles. The number of aryl methyl sites for hydroxylation is 2. The molecule has 1 aliphatic heterocycles. The summed E-state index contributed by atoms with van der Waals surface area (Å²) < 4.78 is 5.90. The van der Waals surface area contributed by atoms with Crippen LogP contribution in [-0.4, -0.2) is 10.8 Å². The molecule has 3 aromatic rings. The molecule has 0 spiro atoms. The number of nitrogens with one attached hydrogen (secondary N) is 1. The highest BCUT2D eigenvalue weighted by Gasteiger charge is 2.26. The number of fused-ring (bicyclic) bond motifs is 4. The van der Waals surface area contributed by atoms with Crippen molar-refractivity contribution >= 4 is 28.3 Å². The second-order valence-electron chi connectivity index (χ2n) is 5.72. The van der Waals surface area contributed by atoms with E-state index in [9.17, 15) is 4.79 Å². The number of H-pyrrole nitrogens is 1. The quantitative estimate of drug-likeness (QED) is 0.661. The lowest BCUT2D eigenvalue weighted by Gasteiger charge is -2.09. The summed E-state index contributed by atoms with van der Waals surface area (Å²) in [5.41, 5.74) is 5.18. The van der Waals surface area contributed by atoms with E-state index < -0.39 is 0 Å². The van der Waals surface area contributed by atoms with Gasteiger partial charge in [-0.15, -0.1) is 0 Å². The van der Waals surface area contributed by atoms with E-state index in [1.807, 2.05) is 44.2 Å². The lowest BCUT2D eigenvalue weighted by molar-refractivity contribution is 0.103. The van der Waals surface area contributed by atoms with Gasteiger partial charge in [0.15, 0.2) is 0 Å². The molecular weight excluding hydrogens is 298 g/mol. The highest BCUT2D eigenvalue weighted by molar-refractivity contribution is 6.31. The number of ether oxygens (including phenoxy) is 1. The molecule has 0 radical (unpaired) electrons. The number of carbonyl (C=O) groups excluding carboxylic acids is 1. The molecule has 1 N–H and O–H groups in total. The molecule has 1 aliphatic rings. The first kappa shape index (κ1) is 13.4. The maximum atomic E-state index is 12.9. The van der Waals surface area contributed by atoms with Crippen LogP contribution >= 0.6 is 11.6 Å². The molecule has 2 heterocycles. The summed E-state index contributed by atoms with van der Waals surface area (Å²) in [6, 6.07) is 9.41. The Morgan fingerprint density at radius 3 is 2.73 bits per heavy atom. The Hall–Kier alpha value is -2.26. The fraction of sp³-hybridized carbons (Fsp3) is 0.167. The predicted octanol–water partition coefficient (Wildman–Crippen LogP) is 4.56. The van der Waals surface area contributed by atoms with Crippen LogP contribution in [0.15, 0.2) is 30.3 Å². The third kappa shape index (κ3) is 1.86. The van der Waals surface area contributed by atoms with Crippen molar-refractivity contribution in [1.82, 2.24) is 4.98 Å². The molecule has 0 saturated heterocycles. The van der Waals surface area contributed by atoms with Crippen LogP contribution < -0.4 is 4.74 Å². The minimum Gasteiger partial charge on any atom is -0.488 e. The smallest absolute Gasteiger partial charge is 0.213 e. The van der Waals surface area contributed by atoms with Crippen LogP contribution in [0.1, 0.15) is 32.7 Å². The Kier molecular flexibility index (Phi) is 2.81. The molecule has 0 atom stereocenters. The number of carbonyl (C=O) groups is 1. The SMILES string of the molecule is Cc1cc2c(cc1C)C(=O)c1[nH]c3ccc(Cl)cc3c1CO2. The van der Waals surface area contributed by atoms with E-state index in [-0.39, 0.29) is 5.78 Å². The lowest BCUT2D eigenvalue weighted by atomic mass is 10.00. The van der Waals surface area contributed by atoms with Crippen molar-refractivity contribution in [3.05, 3.63) is 63.3 Å². The van der Waals surface area contributed by atoms with E-state index in [0.717, 1.165) is 27.6 Å². The van der Waals surface area contributed by atoms with Crippen LogP contribution in [0.2, 0.25) is 5.02 Å². The molecule has 0 fully saturated rings. The van der Waals surface area contributed by atoms with Gasteiger partial charge in [-0.1, -0.05) is 11.6 Å². The molecule has 4 rings (SSSR count). The maximum Gasteiger partial charge on any atom is 0.213 e. The number of aromatic amines is 1. The number of aromatic nitrogens is 1. The van der Waals surface area contributed by atoms with Gasteiger partial charge in [-0.05, 0) is 55.3 Å². The second-order valence-corrected chi connectivity index (χ2v) is 6.16. The number of ketones is 1. The summed E-state index contributed by atoms with van der Waals surface area (Å²) in [7, 11) is 0. The average Bonchev–Trinajstić information content (AvgIpc) is 2.79. The number of hydrogen-bond acceptors (Lipinski definition) is 2. The van der Waals surface area contributed by atoms with Crippen LogP contribution in [0.25, 0.3) is 10.9 Å². The van der Waals surface area contributed by atoms with Gasteiger partial charge in [0.2, 0.25) is 5.78 Å². The summed E-state index contributed by atoms with van der Waals surface area (Å²) in [5, 5.41) is 1.59. The van der Waals surface area contributed by atoms with Gasteiger partial charge in [-0.2, -0.15) is 0 Å². The molecule has 22 heavy (non-hydrogen) atoms. The number of hydrogen-bond donors (Lipinski definition) is 1. The first-order valence-corrected chi connectivity index (χ1v) is 7.51. The summed E-state index contributed by atoms with van der Waals surface area (Å²) in [4.78, 5) is 16.1. The van der Waals surface area contributed by atoms with Gasteiger partial charge < -0.3 is 9.72 Å². The number of benzene rings is 2. The van der Waals surface area contributed by atoms with E-state index in [4.69, 9.17) is 16.3 Å². The van der Waals surface area contributed by atoms with Gasteiger partial charge in [0.05, 0.1) is 11.3 Å². The minimum absolute atomic E-state index is 0.0297. The summed E-state index contributed by atoms with van der Waals surface area (Å²) in [6.07, 6.45) is 0. The predicted molar refractivity (Wildman–Crippen MR) is 87.0 cm³/mol. The molecule has 3 nitrogen and oxygen atoms in total. The highest BCUT2D eigenvalue weighted by Crippen LogP contribution is 2.34. The van der Waals surface area contributed by atoms with E-state index in [0.29, 0.717) is 28.6 Å². The topological polar surface area (TPSA) is 42.1 Å². The zero-order valence-electron chi connectivity index (χ0n) is 12.3. The molecule has 1 aromatic heterocycles. The van der Waals surface area contributed by atoms with Gasteiger partial charge >= 0.3 is 0 Å². The second kappa shape index (κ2) is 4.62. The monoisotopic (exact) mass is 311 g/mol. The third-order valence-electron chi connectivity index (χ3n) is 4.31. The van der Waals surface area contributed by atoms with Crippen molar-refractivity contribution in [2.75, 3.05) is 0 Å². The molecule has 110 valence electrons. The standard InChI is InChI=1S/C18H14ClNO2/c1-9-5-13-16(6-10(9)2)22-8-14-12-7-11(19)3-4-15(12)20-17(14)18(13)21/h3-7,20H,8H2,1-2H3. The van der Waals surface area contributed by atoms with Crippen LogP contribution in [0, 0.1) is 13.8 Å². The van der Waals surface area contributed by atoms with Crippen molar-refractivity contribution in [1.29, 1.82) is 0 Å². The molecular formula is C18H14ClNO2. The Morgan fingerprint density at radius 2 is 1.91 bits per heavy atom. The van der Waals surface area contributed by atoms with Crippen LogP contribution in [0.3, 0.4) is 0 Å². The average molecular weight is 312 g/mol. The highest BCUT2D eigenvalue weighted by atomic mass is 35.5. The Morgan fingerprint density at radius 1 is 1.14 bits per heavy atom. The maximum absolute atomic E-state index is 12.9. The van der Waals surface area contributed by atoms with Gasteiger partial charge in [0, 0.05) is 21.5 Å². The first-order chi connectivity index (χ1) is 10.5. The number of halogens is 1. The molecule has 0 unspecified atom stereocenters. The fourth-order valence-electron chi connectivity index (χ4n) is 2.93.